The summed E-state index contributed by atoms with van der Waals surface area (Å²) in [5, 5.41) is 8.98. The number of thioether (sulfide) groups is 1. The van der Waals surface area contributed by atoms with Gasteiger partial charge in [-0.3, -0.25) is 9.69 Å². The molecule has 3 N–H and O–H groups in total. The van der Waals surface area contributed by atoms with Crippen molar-refractivity contribution in [2.75, 3.05) is 24.6 Å². The van der Waals surface area contributed by atoms with E-state index in [9.17, 15) is 4.79 Å². The van der Waals surface area contributed by atoms with Crippen LogP contribution in [-0.4, -0.2) is 52.2 Å². The van der Waals surface area contributed by atoms with E-state index in [1.807, 2.05) is 11.8 Å². The minimum Gasteiger partial charge on any atom is -0.480 e. The number of carbonyl (C=O) groups is 1. The molecule has 0 amide bonds. The molecule has 2 saturated heterocycles. The Morgan fingerprint density at radius 1 is 1.64 bits per heavy atom. The number of hydrogen-bond donors (Lipinski definition) is 2. The molecule has 2 aliphatic rings. The molecule has 2 unspecified atom stereocenters. The van der Waals surface area contributed by atoms with Gasteiger partial charge in [-0.2, -0.15) is 11.8 Å². The van der Waals surface area contributed by atoms with Crippen LogP contribution in [0.3, 0.4) is 0 Å². The van der Waals surface area contributed by atoms with Crippen LogP contribution in [0.25, 0.3) is 0 Å². The van der Waals surface area contributed by atoms with Crippen LogP contribution < -0.4 is 5.73 Å². The number of carboxylic acid groups (broad SMARTS) is 1. The molecule has 2 rings (SSSR count). The summed E-state index contributed by atoms with van der Waals surface area (Å²) in [6.45, 7) is 1.36. The molecule has 2 fully saturated rings. The predicted octanol–water partition coefficient (Wildman–Crippen LogP) is -0.0203. The highest BCUT2D eigenvalue weighted by Gasteiger charge is 2.43. The van der Waals surface area contributed by atoms with Crippen LogP contribution in [0.1, 0.15) is 12.8 Å². The number of carboxylic acids is 1. The summed E-state index contributed by atoms with van der Waals surface area (Å²) < 4.78 is 0. The number of nitrogens with zero attached hydrogens (tertiary/aromatic N) is 1. The Labute approximate surface area is 87.8 Å². The zero-order chi connectivity index (χ0) is 10.2. The molecular weight excluding hydrogens is 200 g/mol. The third-order valence-corrected chi connectivity index (χ3v) is 4.32. The molecule has 80 valence electrons. The van der Waals surface area contributed by atoms with Gasteiger partial charge < -0.3 is 10.8 Å². The number of likely N-dealkylation sites (tertiary alicyclic amines) is 1. The van der Waals surface area contributed by atoms with Gasteiger partial charge >= 0.3 is 5.97 Å². The number of hydrogen-bond acceptors (Lipinski definition) is 4. The smallest absolute Gasteiger partial charge is 0.325 e. The van der Waals surface area contributed by atoms with Crippen LogP contribution >= 0.6 is 11.8 Å². The van der Waals surface area contributed by atoms with Gasteiger partial charge in [-0.15, -0.1) is 0 Å². The zero-order valence-electron chi connectivity index (χ0n) is 8.11. The van der Waals surface area contributed by atoms with Crippen molar-refractivity contribution in [2.45, 2.75) is 24.4 Å². The maximum Gasteiger partial charge on any atom is 0.325 e. The Balaban J connectivity index is 1.96. The fourth-order valence-corrected chi connectivity index (χ4v) is 3.41. The average molecular weight is 216 g/mol. The maximum absolute atomic E-state index is 10.9. The van der Waals surface area contributed by atoms with Gasteiger partial charge in [0.1, 0.15) is 5.54 Å². The van der Waals surface area contributed by atoms with Gasteiger partial charge in [0.2, 0.25) is 0 Å². The van der Waals surface area contributed by atoms with Gasteiger partial charge in [0, 0.05) is 24.9 Å². The molecule has 14 heavy (non-hydrogen) atoms. The molecule has 5 heteroatoms. The van der Waals surface area contributed by atoms with Crippen molar-refractivity contribution in [1.82, 2.24) is 4.90 Å². The average Bonchev–Trinajstić information content (AvgIpc) is 2.72. The van der Waals surface area contributed by atoms with Crippen LogP contribution in [0.5, 0.6) is 0 Å². The van der Waals surface area contributed by atoms with E-state index >= 15 is 0 Å². The van der Waals surface area contributed by atoms with Crippen molar-refractivity contribution in [3.63, 3.8) is 0 Å². The summed E-state index contributed by atoms with van der Waals surface area (Å²) in [5.41, 5.74) is 4.82. The summed E-state index contributed by atoms with van der Waals surface area (Å²) in [4.78, 5) is 13.2. The van der Waals surface area contributed by atoms with Crippen molar-refractivity contribution in [3.8, 4) is 0 Å². The minimum atomic E-state index is -0.993. The number of nitrogens with two attached hydrogens (primary N) is 1. The topological polar surface area (TPSA) is 66.6 Å². The fourth-order valence-electron chi connectivity index (χ4n) is 2.16. The van der Waals surface area contributed by atoms with Crippen LogP contribution in [0.4, 0.5) is 0 Å². The molecular formula is C9H16N2O2S. The minimum absolute atomic E-state index is 0.521. The molecule has 0 aromatic heterocycles. The van der Waals surface area contributed by atoms with Crippen LogP contribution in [0, 0.1) is 0 Å². The van der Waals surface area contributed by atoms with E-state index in [1.54, 1.807) is 0 Å². The van der Waals surface area contributed by atoms with Crippen molar-refractivity contribution >= 4 is 17.7 Å². The third-order valence-electron chi connectivity index (χ3n) is 3.18. The van der Waals surface area contributed by atoms with Crippen molar-refractivity contribution in [2.24, 2.45) is 5.73 Å². The molecule has 2 atom stereocenters. The molecule has 4 nitrogen and oxygen atoms in total. The Kier molecular flexibility index (Phi) is 2.72. The predicted molar refractivity (Wildman–Crippen MR) is 56.5 cm³/mol. The lowest BCUT2D eigenvalue weighted by molar-refractivity contribution is -0.142. The van der Waals surface area contributed by atoms with E-state index in [1.165, 1.54) is 12.2 Å². The Morgan fingerprint density at radius 3 is 2.93 bits per heavy atom. The van der Waals surface area contributed by atoms with Crippen molar-refractivity contribution in [1.29, 1.82) is 0 Å². The van der Waals surface area contributed by atoms with E-state index in [0.29, 0.717) is 19.0 Å². The Morgan fingerprint density at radius 2 is 2.43 bits per heavy atom. The van der Waals surface area contributed by atoms with E-state index in [-0.39, 0.29) is 0 Å². The quantitative estimate of drug-likeness (QED) is 0.679. The molecule has 2 heterocycles. The highest BCUT2D eigenvalue weighted by atomic mass is 32.2. The van der Waals surface area contributed by atoms with E-state index in [4.69, 9.17) is 10.8 Å². The number of aliphatic carboxylic acids is 1. The van der Waals surface area contributed by atoms with Crippen molar-refractivity contribution in [3.05, 3.63) is 0 Å². The molecule has 0 radical (unpaired) electrons. The lowest BCUT2D eigenvalue weighted by Crippen LogP contribution is -2.51. The zero-order valence-corrected chi connectivity index (χ0v) is 8.92. The van der Waals surface area contributed by atoms with Crippen LogP contribution in [0.15, 0.2) is 0 Å². The fraction of sp³-hybridized carbons (Fsp3) is 0.889. The maximum atomic E-state index is 10.9. The molecule has 0 spiro atoms. The normalized spacial score (nSPS) is 39.1. The second kappa shape index (κ2) is 3.72. The second-order valence-electron chi connectivity index (χ2n) is 4.20. The molecule has 0 aromatic rings. The van der Waals surface area contributed by atoms with Gasteiger partial charge in [0.05, 0.1) is 0 Å². The lowest BCUT2D eigenvalue weighted by atomic mass is 10.0. The van der Waals surface area contributed by atoms with E-state index in [2.05, 4.69) is 4.90 Å². The Hall–Kier alpha value is -0.260. The van der Waals surface area contributed by atoms with Gasteiger partial charge in [0.25, 0.3) is 0 Å². The van der Waals surface area contributed by atoms with Crippen LogP contribution in [0.2, 0.25) is 0 Å². The first kappa shape index (κ1) is 10.3. The van der Waals surface area contributed by atoms with E-state index < -0.39 is 11.5 Å². The van der Waals surface area contributed by atoms with Gasteiger partial charge in [0.15, 0.2) is 0 Å². The summed E-state index contributed by atoms with van der Waals surface area (Å²) >= 11 is 1.95. The lowest BCUT2D eigenvalue weighted by Gasteiger charge is -2.24. The summed E-state index contributed by atoms with van der Waals surface area (Å²) in [7, 11) is 0. The first-order valence-electron chi connectivity index (χ1n) is 4.96. The van der Waals surface area contributed by atoms with Gasteiger partial charge in [-0.25, -0.2) is 0 Å². The standard InChI is InChI=1S/C9H16N2O2S/c10-9(8(12)13)2-3-11(6-9)7-1-4-14-5-7/h7H,1-6,10H2,(H,12,13). The van der Waals surface area contributed by atoms with Crippen LogP contribution in [-0.2, 0) is 4.79 Å². The SMILES string of the molecule is NC1(C(=O)O)CCN(C2CCSC2)C1. The molecule has 0 bridgehead atoms. The first-order valence-corrected chi connectivity index (χ1v) is 6.11. The number of rotatable bonds is 2. The monoisotopic (exact) mass is 216 g/mol. The highest BCUT2D eigenvalue weighted by Crippen LogP contribution is 2.28. The molecule has 0 aromatic carbocycles. The summed E-state index contributed by atoms with van der Waals surface area (Å²) in [6, 6.07) is 0.560. The highest BCUT2D eigenvalue weighted by molar-refractivity contribution is 7.99. The largest absolute Gasteiger partial charge is 0.480 e. The summed E-state index contributed by atoms with van der Waals surface area (Å²) in [6.07, 6.45) is 1.77. The second-order valence-corrected chi connectivity index (χ2v) is 5.35. The van der Waals surface area contributed by atoms with E-state index in [0.717, 1.165) is 12.3 Å². The first-order chi connectivity index (χ1) is 6.62. The molecule has 0 saturated carbocycles. The third kappa shape index (κ3) is 1.76. The summed E-state index contributed by atoms with van der Waals surface area (Å²) in [5.74, 6) is 1.48. The van der Waals surface area contributed by atoms with Gasteiger partial charge in [-0.1, -0.05) is 0 Å². The van der Waals surface area contributed by atoms with Gasteiger partial charge in [-0.05, 0) is 18.6 Å². The van der Waals surface area contributed by atoms with Crippen molar-refractivity contribution < 1.29 is 9.90 Å². The molecule has 2 aliphatic heterocycles. The Bertz CT molecular complexity index is 243. The molecule has 0 aliphatic carbocycles.